The number of esters is 1. The minimum atomic E-state index is -0.554. The molecule has 108 valence electrons. The van der Waals surface area contributed by atoms with Gasteiger partial charge in [0.1, 0.15) is 0 Å². The number of methoxy groups -OCH3 is 1. The molecule has 0 aromatic heterocycles. The van der Waals surface area contributed by atoms with E-state index in [1.54, 1.807) is 6.92 Å². The maximum atomic E-state index is 12.2. The molecule has 0 heterocycles. The highest BCUT2D eigenvalue weighted by Gasteiger charge is 2.17. The van der Waals surface area contributed by atoms with Crippen LogP contribution in [0.3, 0.4) is 0 Å². The SMILES string of the molecule is CCN(CCC(=O)OC)C(=O)c1cccc([N+](=O)[O-])c1. The molecule has 0 aliphatic carbocycles. The number of amides is 1. The summed E-state index contributed by atoms with van der Waals surface area (Å²) in [6.07, 6.45) is 0.0883. The highest BCUT2D eigenvalue weighted by molar-refractivity contribution is 5.95. The van der Waals surface area contributed by atoms with Gasteiger partial charge in [-0.15, -0.1) is 0 Å². The summed E-state index contributed by atoms with van der Waals surface area (Å²) in [5.74, 6) is -0.754. The van der Waals surface area contributed by atoms with Crippen molar-refractivity contribution in [3.8, 4) is 0 Å². The van der Waals surface area contributed by atoms with E-state index >= 15 is 0 Å². The second kappa shape index (κ2) is 7.22. The van der Waals surface area contributed by atoms with Crippen LogP contribution in [-0.2, 0) is 9.53 Å². The molecule has 1 aromatic rings. The van der Waals surface area contributed by atoms with Crippen LogP contribution in [0.5, 0.6) is 0 Å². The standard InChI is InChI=1S/C13H16N2O5/c1-3-14(8-7-12(16)20-2)13(17)10-5-4-6-11(9-10)15(18)19/h4-6,9H,3,7-8H2,1-2H3. The number of hydrogen-bond acceptors (Lipinski definition) is 5. The lowest BCUT2D eigenvalue weighted by Gasteiger charge is -2.20. The molecule has 0 fully saturated rings. The van der Waals surface area contributed by atoms with Crippen molar-refractivity contribution in [2.75, 3.05) is 20.2 Å². The van der Waals surface area contributed by atoms with Gasteiger partial charge >= 0.3 is 5.97 Å². The second-order valence-corrected chi connectivity index (χ2v) is 4.02. The van der Waals surface area contributed by atoms with Crippen molar-refractivity contribution in [2.45, 2.75) is 13.3 Å². The molecule has 0 saturated carbocycles. The zero-order valence-corrected chi connectivity index (χ0v) is 11.4. The molecule has 0 atom stereocenters. The maximum Gasteiger partial charge on any atom is 0.307 e. The van der Waals surface area contributed by atoms with E-state index in [9.17, 15) is 19.7 Å². The second-order valence-electron chi connectivity index (χ2n) is 4.02. The summed E-state index contributed by atoms with van der Waals surface area (Å²) in [5, 5.41) is 10.7. The van der Waals surface area contributed by atoms with E-state index in [0.29, 0.717) is 6.54 Å². The predicted octanol–water partition coefficient (Wildman–Crippen LogP) is 1.62. The van der Waals surface area contributed by atoms with Crippen LogP contribution >= 0.6 is 0 Å². The summed E-state index contributed by atoms with van der Waals surface area (Å²) in [6.45, 7) is 2.38. The fourth-order valence-electron chi connectivity index (χ4n) is 1.67. The predicted molar refractivity (Wildman–Crippen MR) is 71.3 cm³/mol. The third-order valence-electron chi connectivity index (χ3n) is 2.79. The van der Waals surface area contributed by atoms with E-state index in [1.165, 1.54) is 36.3 Å². The number of nitro benzene ring substituents is 1. The van der Waals surface area contributed by atoms with Crippen molar-refractivity contribution < 1.29 is 19.2 Å². The largest absolute Gasteiger partial charge is 0.469 e. The zero-order valence-electron chi connectivity index (χ0n) is 11.4. The Morgan fingerprint density at radius 2 is 2.10 bits per heavy atom. The molecule has 0 radical (unpaired) electrons. The van der Waals surface area contributed by atoms with Gasteiger partial charge in [0.15, 0.2) is 0 Å². The molecular formula is C13H16N2O5. The van der Waals surface area contributed by atoms with Crippen molar-refractivity contribution in [1.29, 1.82) is 0 Å². The zero-order chi connectivity index (χ0) is 15.1. The molecule has 0 aliphatic heterocycles. The average Bonchev–Trinajstić information content (AvgIpc) is 2.47. The van der Waals surface area contributed by atoms with E-state index in [2.05, 4.69) is 4.74 Å². The van der Waals surface area contributed by atoms with Gasteiger partial charge < -0.3 is 9.64 Å². The van der Waals surface area contributed by atoms with Crippen molar-refractivity contribution >= 4 is 17.6 Å². The molecule has 0 N–H and O–H groups in total. The molecule has 1 aromatic carbocycles. The van der Waals surface area contributed by atoms with E-state index in [0.717, 1.165) is 0 Å². The fourth-order valence-corrected chi connectivity index (χ4v) is 1.67. The lowest BCUT2D eigenvalue weighted by molar-refractivity contribution is -0.384. The van der Waals surface area contributed by atoms with Crippen LogP contribution in [0, 0.1) is 10.1 Å². The van der Waals surface area contributed by atoms with Gasteiger partial charge in [-0.25, -0.2) is 0 Å². The first-order valence-electron chi connectivity index (χ1n) is 6.10. The minimum Gasteiger partial charge on any atom is -0.469 e. The van der Waals surface area contributed by atoms with E-state index < -0.39 is 10.9 Å². The van der Waals surface area contributed by atoms with Crippen LogP contribution in [0.1, 0.15) is 23.7 Å². The van der Waals surface area contributed by atoms with Gasteiger partial charge in [0.2, 0.25) is 0 Å². The Bertz CT molecular complexity index is 515. The molecule has 0 unspecified atom stereocenters. The molecular weight excluding hydrogens is 264 g/mol. The number of carbonyl (C=O) groups excluding carboxylic acids is 2. The minimum absolute atomic E-state index is 0.0883. The summed E-state index contributed by atoms with van der Waals surface area (Å²) in [6, 6.07) is 5.51. The smallest absolute Gasteiger partial charge is 0.307 e. The lowest BCUT2D eigenvalue weighted by Crippen LogP contribution is -2.33. The Balaban J connectivity index is 2.82. The molecule has 1 amide bonds. The van der Waals surface area contributed by atoms with Crippen LogP contribution in [0.4, 0.5) is 5.69 Å². The van der Waals surface area contributed by atoms with Gasteiger partial charge in [-0.3, -0.25) is 19.7 Å². The topological polar surface area (TPSA) is 89.8 Å². The van der Waals surface area contributed by atoms with Crippen molar-refractivity contribution in [2.24, 2.45) is 0 Å². The van der Waals surface area contributed by atoms with Gasteiger partial charge in [-0.1, -0.05) is 6.07 Å². The number of ether oxygens (including phenoxy) is 1. The van der Waals surface area contributed by atoms with E-state index in [1.807, 2.05) is 0 Å². The van der Waals surface area contributed by atoms with Gasteiger partial charge in [-0.05, 0) is 13.0 Å². The Hall–Kier alpha value is -2.44. The number of nitro groups is 1. The monoisotopic (exact) mass is 280 g/mol. The molecule has 0 spiro atoms. The number of hydrogen-bond donors (Lipinski definition) is 0. The number of non-ortho nitro benzene ring substituents is 1. The number of carbonyl (C=O) groups is 2. The van der Waals surface area contributed by atoms with Crippen LogP contribution in [0.15, 0.2) is 24.3 Å². The molecule has 0 bridgehead atoms. The number of benzene rings is 1. The van der Waals surface area contributed by atoms with Gasteiger partial charge in [0.05, 0.1) is 18.5 Å². The summed E-state index contributed by atoms with van der Waals surface area (Å²) < 4.78 is 4.51. The summed E-state index contributed by atoms with van der Waals surface area (Å²) >= 11 is 0. The fraction of sp³-hybridized carbons (Fsp3) is 0.385. The first-order chi connectivity index (χ1) is 9.49. The summed E-state index contributed by atoms with van der Waals surface area (Å²) in [7, 11) is 1.28. The first kappa shape index (κ1) is 15.6. The highest BCUT2D eigenvalue weighted by atomic mass is 16.6. The van der Waals surface area contributed by atoms with E-state index in [4.69, 9.17) is 0 Å². The third kappa shape index (κ3) is 4.04. The molecule has 0 saturated heterocycles. The Kier molecular flexibility index (Phi) is 5.64. The molecule has 20 heavy (non-hydrogen) atoms. The number of rotatable bonds is 6. The molecule has 0 aliphatic rings. The Morgan fingerprint density at radius 3 is 2.65 bits per heavy atom. The first-order valence-corrected chi connectivity index (χ1v) is 6.10. The summed E-state index contributed by atoms with van der Waals surface area (Å²) in [5.41, 5.74) is 0.0887. The van der Waals surface area contributed by atoms with Crippen molar-refractivity contribution in [1.82, 2.24) is 4.90 Å². The number of nitrogens with zero attached hydrogens (tertiary/aromatic N) is 2. The molecule has 7 heteroatoms. The van der Waals surface area contributed by atoms with Crippen LogP contribution in [0.2, 0.25) is 0 Å². The molecule has 7 nitrogen and oxygen atoms in total. The van der Waals surface area contributed by atoms with Crippen molar-refractivity contribution in [3.63, 3.8) is 0 Å². The Labute approximate surface area is 116 Å². The van der Waals surface area contributed by atoms with Crippen LogP contribution in [-0.4, -0.2) is 41.9 Å². The van der Waals surface area contributed by atoms with Crippen LogP contribution < -0.4 is 0 Å². The average molecular weight is 280 g/mol. The van der Waals surface area contributed by atoms with Crippen molar-refractivity contribution in [3.05, 3.63) is 39.9 Å². The normalized spacial score (nSPS) is 9.90. The maximum absolute atomic E-state index is 12.2. The molecule has 1 rings (SSSR count). The third-order valence-corrected chi connectivity index (χ3v) is 2.79. The Morgan fingerprint density at radius 1 is 1.40 bits per heavy atom. The van der Waals surface area contributed by atoms with Crippen LogP contribution in [0.25, 0.3) is 0 Å². The summed E-state index contributed by atoms with van der Waals surface area (Å²) in [4.78, 5) is 34.9. The van der Waals surface area contributed by atoms with E-state index in [-0.39, 0.29) is 30.1 Å². The van der Waals surface area contributed by atoms with Gasteiger partial charge in [-0.2, -0.15) is 0 Å². The van der Waals surface area contributed by atoms with Gasteiger partial charge in [0, 0.05) is 30.8 Å². The highest BCUT2D eigenvalue weighted by Crippen LogP contribution is 2.15. The lowest BCUT2D eigenvalue weighted by atomic mass is 10.1. The quantitative estimate of drug-likeness (QED) is 0.448. The van der Waals surface area contributed by atoms with Gasteiger partial charge in [0.25, 0.3) is 11.6 Å².